The fraction of sp³-hybridized carbons (Fsp3) is 0.450. The number of aryl methyl sites for hydroxylation is 1. The van der Waals surface area contributed by atoms with E-state index in [1.54, 1.807) is 22.4 Å². The molecule has 6 heteroatoms. The Balaban J connectivity index is 1.57. The lowest BCUT2D eigenvalue weighted by Gasteiger charge is -2.33. The Morgan fingerprint density at radius 2 is 2.23 bits per heavy atom. The van der Waals surface area contributed by atoms with Gasteiger partial charge in [-0.1, -0.05) is 6.07 Å². The summed E-state index contributed by atoms with van der Waals surface area (Å²) in [5, 5.41) is 2.06. The normalized spacial score (nSPS) is 17.4. The van der Waals surface area contributed by atoms with Gasteiger partial charge in [0.25, 0.3) is 0 Å². The molecule has 1 atom stereocenters. The summed E-state index contributed by atoms with van der Waals surface area (Å²) in [6.07, 6.45) is 3.58. The topological polar surface area (TPSA) is 53.5 Å². The maximum absolute atomic E-state index is 12.8. The standard InChI is InChI=1S/C20H25N3O2S/c1-15-9-12-26-18(15)14-22(2)20(25)16-6-7-19(24)23(13-16)11-8-17-5-3-4-10-21-17/h3-5,9-10,12,16H,6-8,11,13-14H2,1-2H3. The number of aromatic nitrogens is 1. The van der Waals surface area contributed by atoms with Crippen molar-refractivity contribution in [1.82, 2.24) is 14.8 Å². The van der Waals surface area contributed by atoms with Gasteiger partial charge in [-0.3, -0.25) is 14.6 Å². The number of nitrogens with zero attached hydrogens (tertiary/aromatic N) is 3. The molecule has 1 saturated heterocycles. The van der Waals surface area contributed by atoms with Crippen LogP contribution in [0.3, 0.4) is 0 Å². The number of likely N-dealkylation sites (tertiary alicyclic amines) is 1. The van der Waals surface area contributed by atoms with Crippen molar-refractivity contribution in [2.45, 2.75) is 32.7 Å². The molecule has 1 aliphatic rings. The highest BCUT2D eigenvalue weighted by Gasteiger charge is 2.31. The Hall–Kier alpha value is -2.21. The molecule has 3 heterocycles. The van der Waals surface area contributed by atoms with Crippen molar-refractivity contribution in [3.05, 3.63) is 52.0 Å². The van der Waals surface area contributed by atoms with E-state index in [1.165, 1.54) is 10.4 Å². The van der Waals surface area contributed by atoms with E-state index >= 15 is 0 Å². The van der Waals surface area contributed by atoms with Crippen molar-refractivity contribution in [1.29, 1.82) is 0 Å². The first kappa shape index (κ1) is 18.6. The third kappa shape index (κ3) is 4.49. The van der Waals surface area contributed by atoms with Crippen LogP contribution in [0.15, 0.2) is 35.8 Å². The second kappa shape index (κ2) is 8.45. The fourth-order valence-electron chi connectivity index (χ4n) is 3.30. The van der Waals surface area contributed by atoms with E-state index in [1.807, 2.05) is 30.1 Å². The molecule has 0 N–H and O–H groups in total. The molecule has 1 unspecified atom stereocenters. The second-order valence-corrected chi connectivity index (χ2v) is 7.87. The first-order valence-electron chi connectivity index (χ1n) is 9.00. The van der Waals surface area contributed by atoms with E-state index in [2.05, 4.69) is 23.4 Å². The molecular formula is C20H25N3O2S. The number of piperidine rings is 1. The van der Waals surface area contributed by atoms with E-state index in [9.17, 15) is 9.59 Å². The Bertz CT molecular complexity index is 759. The second-order valence-electron chi connectivity index (χ2n) is 6.87. The third-order valence-corrected chi connectivity index (χ3v) is 5.95. The number of hydrogen-bond acceptors (Lipinski definition) is 4. The molecule has 1 aliphatic heterocycles. The molecule has 1 fully saturated rings. The van der Waals surface area contributed by atoms with Crippen LogP contribution in [0.2, 0.25) is 0 Å². The molecule has 0 spiro atoms. The number of carbonyl (C=O) groups excluding carboxylic acids is 2. The highest BCUT2D eigenvalue weighted by atomic mass is 32.1. The summed E-state index contributed by atoms with van der Waals surface area (Å²) in [7, 11) is 1.86. The van der Waals surface area contributed by atoms with Crippen LogP contribution in [0.5, 0.6) is 0 Å². The minimum atomic E-state index is -0.110. The van der Waals surface area contributed by atoms with Crippen LogP contribution in [0.25, 0.3) is 0 Å². The van der Waals surface area contributed by atoms with E-state index in [0.29, 0.717) is 32.5 Å². The lowest BCUT2D eigenvalue weighted by Crippen LogP contribution is -2.46. The van der Waals surface area contributed by atoms with Gasteiger partial charge in [-0.2, -0.15) is 0 Å². The van der Waals surface area contributed by atoms with Gasteiger partial charge in [0.15, 0.2) is 0 Å². The van der Waals surface area contributed by atoms with Gasteiger partial charge in [0.2, 0.25) is 11.8 Å². The van der Waals surface area contributed by atoms with Gasteiger partial charge in [-0.25, -0.2) is 0 Å². The van der Waals surface area contributed by atoms with Crippen LogP contribution in [-0.4, -0.2) is 46.7 Å². The zero-order chi connectivity index (χ0) is 18.5. The first-order chi connectivity index (χ1) is 12.5. The van der Waals surface area contributed by atoms with Crippen molar-refractivity contribution >= 4 is 23.2 Å². The van der Waals surface area contributed by atoms with Crippen LogP contribution >= 0.6 is 11.3 Å². The molecule has 0 aliphatic carbocycles. The fourth-order valence-corrected chi connectivity index (χ4v) is 4.26. The Labute approximate surface area is 158 Å². The van der Waals surface area contributed by atoms with Gasteiger partial charge < -0.3 is 9.80 Å². The summed E-state index contributed by atoms with van der Waals surface area (Å²) in [6, 6.07) is 7.88. The largest absolute Gasteiger partial charge is 0.342 e. The quantitative estimate of drug-likeness (QED) is 0.785. The zero-order valence-corrected chi connectivity index (χ0v) is 16.2. The average molecular weight is 372 g/mol. The van der Waals surface area contributed by atoms with Crippen molar-refractivity contribution in [2.24, 2.45) is 5.92 Å². The van der Waals surface area contributed by atoms with Gasteiger partial charge in [0, 0.05) is 49.7 Å². The van der Waals surface area contributed by atoms with Crippen molar-refractivity contribution in [3.8, 4) is 0 Å². The Kier molecular flexibility index (Phi) is 6.04. The highest BCUT2D eigenvalue weighted by molar-refractivity contribution is 7.10. The van der Waals surface area contributed by atoms with Crippen molar-refractivity contribution < 1.29 is 9.59 Å². The predicted molar refractivity (Wildman–Crippen MR) is 103 cm³/mol. The SMILES string of the molecule is Cc1ccsc1CN(C)C(=O)C1CCC(=O)N(CCc2ccccn2)C1. The average Bonchev–Trinajstić information content (AvgIpc) is 3.06. The molecule has 0 bridgehead atoms. The molecule has 0 saturated carbocycles. The smallest absolute Gasteiger partial charge is 0.227 e. The maximum atomic E-state index is 12.8. The molecule has 138 valence electrons. The lowest BCUT2D eigenvalue weighted by atomic mass is 9.95. The van der Waals surface area contributed by atoms with Crippen LogP contribution in [0.4, 0.5) is 0 Å². The molecular weight excluding hydrogens is 346 g/mol. The first-order valence-corrected chi connectivity index (χ1v) is 9.88. The summed E-state index contributed by atoms with van der Waals surface area (Å²) >= 11 is 1.68. The predicted octanol–water partition coefficient (Wildman–Crippen LogP) is 2.89. The third-order valence-electron chi connectivity index (χ3n) is 4.94. The number of pyridine rings is 1. The van der Waals surface area contributed by atoms with Crippen LogP contribution < -0.4 is 0 Å². The highest BCUT2D eigenvalue weighted by Crippen LogP contribution is 2.22. The van der Waals surface area contributed by atoms with Crippen molar-refractivity contribution in [2.75, 3.05) is 20.1 Å². The minimum Gasteiger partial charge on any atom is -0.342 e. The summed E-state index contributed by atoms with van der Waals surface area (Å²) in [5.74, 6) is 0.163. The molecule has 5 nitrogen and oxygen atoms in total. The molecule has 2 aromatic rings. The molecule has 2 amide bonds. The molecule has 0 radical (unpaired) electrons. The number of hydrogen-bond donors (Lipinski definition) is 0. The number of carbonyl (C=O) groups is 2. The van der Waals surface area contributed by atoms with Gasteiger partial charge >= 0.3 is 0 Å². The Morgan fingerprint density at radius 3 is 2.92 bits per heavy atom. The van der Waals surface area contributed by atoms with Crippen LogP contribution in [0, 0.1) is 12.8 Å². The molecule has 3 rings (SSSR count). The van der Waals surface area contributed by atoms with Crippen LogP contribution in [-0.2, 0) is 22.6 Å². The summed E-state index contributed by atoms with van der Waals surface area (Å²) in [4.78, 5) is 34.2. The van der Waals surface area contributed by atoms with Crippen molar-refractivity contribution in [3.63, 3.8) is 0 Å². The number of thiophene rings is 1. The number of rotatable bonds is 6. The van der Waals surface area contributed by atoms with E-state index < -0.39 is 0 Å². The lowest BCUT2D eigenvalue weighted by molar-refractivity contribution is -0.142. The van der Waals surface area contributed by atoms with Gasteiger partial charge in [0.1, 0.15) is 0 Å². The summed E-state index contributed by atoms with van der Waals surface area (Å²) in [5.41, 5.74) is 2.20. The summed E-state index contributed by atoms with van der Waals surface area (Å²) < 4.78 is 0. The van der Waals surface area contributed by atoms with Gasteiger partial charge in [-0.15, -0.1) is 11.3 Å². The van der Waals surface area contributed by atoms with Crippen LogP contribution in [0.1, 0.15) is 29.0 Å². The van der Waals surface area contributed by atoms with Gasteiger partial charge in [0.05, 0.1) is 12.5 Å². The maximum Gasteiger partial charge on any atom is 0.227 e. The number of amides is 2. The van der Waals surface area contributed by atoms with E-state index in [4.69, 9.17) is 0 Å². The van der Waals surface area contributed by atoms with E-state index in [-0.39, 0.29) is 17.7 Å². The minimum absolute atomic E-state index is 0.110. The Morgan fingerprint density at radius 1 is 1.38 bits per heavy atom. The summed E-state index contributed by atoms with van der Waals surface area (Å²) in [6.45, 7) is 3.84. The van der Waals surface area contributed by atoms with Gasteiger partial charge in [-0.05, 0) is 42.5 Å². The molecule has 2 aromatic heterocycles. The molecule has 0 aromatic carbocycles. The molecule has 26 heavy (non-hydrogen) atoms. The zero-order valence-electron chi connectivity index (χ0n) is 15.4. The monoisotopic (exact) mass is 371 g/mol. The van der Waals surface area contributed by atoms with E-state index in [0.717, 1.165) is 12.1 Å².